The average molecular weight is 687 g/mol. The minimum atomic E-state index is 1.16. The van der Waals surface area contributed by atoms with Crippen molar-refractivity contribution in [3.63, 3.8) is 0 Å². The molecule has 254 valence electrons. The number of benzene rings is 9. The van der Waals surface area contributed by atoms with Crippen LogP contribution in [0.3, 0.4) is 0 Å². The lowest BCUT2D eigenvalue weighted by Crippen LogP contribution is -1.94. The second kappa shape index (κ2) is 14.9. The summed E-state index contributed by atoms with van der Waals surface area (Å²) in [5, 5.41) is 4.97. The Morgan fingerprint density at radius 2 is 0.667 bits per heavy atom. The number of hydrogen-bond donors (Lipinski definition) is 0. The van der Waals surface area contributed by atoms with Crippen molar-refractivity contribution >= 4 is 44.8 Å². The van der Waals surface area contributed by atoms with Gasteiger partial charge >= 0.3 is 0 Å². The third-order valence-corrected chi connectivity index (χ3v) is 10.3. The van der Waals surface area contributed by atoms with Gasteiger partial charge in [-0.25, -0.2) is 0 Å². The van der Waals surface area contributed by atoms with Crippen LogP contribution in [-0.4, -0.2) is 0 Å². The zero-order valence-electron chi connectivity index (χ0n) is 29.9. The standard InChI is InChI=1S/C54H38/c1-6-19-40(20-7-1)50(41-21-8-2-9-22-41)37-39-33-35-45(36-34-39)53-48-31-17-16-30-47(48)52(44-27-14-5-15-28-44)49-32-18-29-46(54(49)53)38-51(42-23-10-3-11-24-42)43-25-12-4-13-26-43/h1-38H. The van der Waals surface area contributed by atoms with Gasteiger partial charge in [-0.3, -0.25) is 0 Å². The smallest absolute Gasteiger partial charge is 0.00199 e. The largest absolute Gasteiger partial charge is 0.0622 e. The van der Waals surface area contributed by atoms with Gasteiger partial charge in [-0.05, 0) is 100 Å². The second-order valence-corrected chi connectivity index (χ2v) is 13.6. The SMILES string of the molecule is C(=C(c1ccccc1)c1ccccc1)c1ccc(-c2c3ccccc3c(-c3ccccc3)c3cccc(C=C(c4ccccc4)c4ccccc4)c23)cc1. The van der Waals surface area contributed by atoms with E-state index in [1.165, 1.54) is 82.8 Å². The molecule has 0 spiro atoms. The third-order valence-electron chi connectivity index (χ3n) is 10.3. The minimum Gasteiger partial charge on any atom is -0.0622 e. The Labute approximate surface area is 317 Å². The summed E-state index contributed by atoms with van der Waals surface area (Å²) in [5.74, 6) is 0. The lowest BCUT2D eigenvalue weighted by molar-refractivity contribution is 1.55. The van der Waals surface area contributed by atoms with E-state index in [1.54, 1.807) is 0 Å². The van der Waals surface area contributed by atoms with Gasteiger partial charge in [-0.15, -0.1) is 0 Å². The molecular weight excluding hydrogens is 649 g/mol. The Morgan fingerprint density at radius 3 is 1.17 bits per heavy atom. The Kier molecular flexibility index (Phi) is 9.07. The summed E-state index contributed by atoms with van der Waals surface area (Å²) in [5.41, 5.74) is 14.4. The molecule has 0 nitrogen and oxygen atoms in total. The van der Waals surface area contributed by atoms with Gasteiger partial charge in [0.25, 0.3) is 0 Å². The van der Waals surface area contributed by atoms with E-state index in [-0.39, 0.29) is 0 Å². The molecule has 0 aliphatic heterocycles. The normalized spacial score (nSPS) is 11.0. The molecular formula is C54H38. The van der Waals surface area contributed by atoms with Crippen molar-refractivity contribution in [2.75, 3.05) is 0 Å². The molecule has 0 unspecified atom stereocenters. The number of hydrogen-bond acceptors (Lipinski definition) is 0. The third kappa shape index (κ3) is 6.47. The Bertz CT molecular complexity index is 2660. The molecule has 0 aromatic heterocycles. The highest BCUT2D eigenvalue weighted by atomic mass is 14.2. The summed E-state index contributed by atoms with van der Waals surface area (Å²) in [4.78, 5) is 0. The highest BCUT2D eigenvalue weighted by molar-refractivity contribution is 6.23. The number of fused-ring (bicyclic) bond motifs is 2. The maximum Gasteiger partial charge on any atom is -0.00199 e. The molecule has 9 aromatic rings. The summed E-state index contributed by atoms with van der Waals surface area (Å²) in [6.45, 7) is 0. The van der Waals surface area contributed by atoms with Crippen molar-refractivity contribution in [3.8, 4) is 22.3 Å². The molecule has 0 atom stereocenters. The molecule has 0 saturated heterocycles. The van der Waals surface area contributed by atoms with Crippen LogP contribution in [0.1, 0.15) is 33.4 Å². The summed E-state index contributed by atoms with van der Waals surface area (Å²) >= 11 is 0. The average Bonchev–Trinajstić information content (AvgIpc) is 3.25. The van der Waals surface area contributed by atoms with Crippen LogP contribution in [-0.2, 0) is 0 Å². The molecule has 54 heavy (non-hydrogen) atoms. The fourth-order valence-corrected chi connectivity index (χ4v) is 7.80. The quantitative estimate of drug-likeness (QED) is 0.110. The van der Waals surface area contributed by atoms with Crippen LogP contribution in [0.2, 0.25) is 0 Å². The van der Waals surface area contributed by atoms with Crippen molar-refractivity contribution in [2.45, 2.75) is 0 Å². The second-order valence-electron chi connectivity index (χ2n) is 13.6. The van der Waals surface area contributed by atoms with E-state index < -0.39 is 0 Å². The van der Waals surface area contributed by atoms with Gasteiger partial charge in [0.05, 0.1) is 0 Å². The monoisotopic (exact) mass is 686 g/mol. The van der Waals surface area contributed by atoms with Crippen LogP contribution in [0.25, 0.3) is 67.1 Å². The van der Waals surface area contributed by atoms with Crippen LogP contribution < -0.4 is 0 Å². The maximum atomic E-state index is 2.39. The van der Waals surface area contributed by atoms with Gasteiger partial charge in [0.1, 0.15) is 0 Å². The molecule has 0 radical (unpaired) electrons. The van der Waals surface area contributed by atoms with Gasteiger partial charge in [-0.1, -0.05) is 218 Å². The summed E-state index contributed by atoms with van der Waals surface area (Å²) in [6, 6.07) is 78.6. The first-order chi connectivity index (χ1) is 26.8. The highest BCUT2D eigenvalue weighted by Crippen LogP contribution is 2.46. The molecule has 0 saturated carbocycles. The molecule has 0 heteroatoms. The van der Waals surface area contributed by atoms with Crippen molar-refractivity contribution in [2.24, 2.45) is 0 Å². The molecule has 0 aliphatic carbocycles. The van der Waals surface area contributed by atoms with E-state index in [0.29, 0.717) is 0 Å². The summed E-state index contributed by atoms with van der Waals surface area (Å²) < 4.78 is 0. The predicted octanol–water partition coefficient (Wildman–Crippen LogP) is 14.5. The number of rotatable bonds is 8. The topological polar surface area (TPSA) is 0 Å². The zero-order chi connectivity index (χ0) is 36.1. The lowest BCUT2D eigenvalue weighted by atomic mass is 9.83. The Morgan fingerprint density at radius 1 is 0.278 bits per heavy atom. The first kappa shape index (κ1) is 32.9. The molecule has 0 bridgehead atoms. The molecule has 0 fully saturated rings. The van der Waals surface area contributed by atoms with Crippen molar-refractivity contribution in [3.05, 3.63) is 252 Å². The van der Waals surface area contributed by atoms with E-state index in [9.17, 15) is 0 Å². The van der Waals surface area contributed by atoms with E-state index in [4.69, 9.17) is 0 Å². The Hall–Kier alpha value is -7.02. The van der Waals surface area contributed by atoms with Gasteiger partial charge < -0.3 is 0 Å². The maximum absolute atomic E-state index is 2.39. The van der Waals surface area contributed by atoms with Gasteiger partial charge in [0.15, 0.2) is 0 Å². The van der Waals surface area contributed by atoms with E-state index in [2.05, 4.69) is 231 Å². The molecule has 9 aromatic carbocycles. The zero-order valence-corrected chi connectivity index (χ0v) is 29.9. The predicted molar refractivity (Wildman–Crippen MR) is 232 cm³/mol. The fraction of sp³-hybridized carbons (Fsp3) is 0. The summed E-state index contributed by atoms with van der Waals surface area (Å²) in [6.07, 6.45) is 4.70. The Balaban J connectivity index is 1.31. The molecule has 0 N–H and O–H groups in total. The van der Waals surface area contributed by atoms with Crippen molar-refractivity contribution in [1.29, 1.82) is 0 Å². The van der Waals surface area contributed by atoms with Crippen molar-refractivity contribution in [1.82, 2.24) is 0 Å². The molecule has 0 heterocycles. The van der Waals surface area contributed by atoms with Gasteiger partial charge in [0.2, 0.25) is 0 Å². The van der Waals surface area contributed by atoms with Gasteiger partial charge in [-0.2, -0.15) is 0 Å². The fourth-order valence-electron chi connectivity index (χ4n) is 7.80. The van der Waals surface area contributed by atoms with Gasteiger partial charge in [0, 0.05) is 0 Å². The lowest BCUT2D eigenvalue weighted by Gasteiger charge is -2.20. The highest BCUT2D eigenvalue weighted by Gasteiger charge is 2.19. The van der Waals surface area contributed by atoms with Crippen LogP contribution in [0.5, 0.6) is 0 Å². The minimum absolute atomic E-state index is 1.16. The van der Waals surface area contributed by atoms with Crippen LogP contribution in [0, 0.1) is 0 Å². The van der Waals surface area contributed by atoms with Crippen LogP contribution in [0.15, 0.2) is 218 Å². The first-order valence-electron chi connectivity index (χ1n) is 18.6. The van der Waals surface area contributed by atoms with E-state index in [0.717, 1.165) is 5.56 Å². The first-order valence-corrected chi connectivity index (χ1v) is 18.6. The van der Waals surface area contributed by atoms with Crippen molar-refractivity contribution < 1.29 is 0 Å². The molecule has 0 amide bonds. The molecule has 9 rings (SSSR count). The van der Waals surface area contributed by atoms with E-state index >= 15 is 0 Å². The summed E-state index contributed by atoms with van der Waals surface area (Å²) in [7, 11) is 0. The van der Waals surface area contributed by atoms with Crippen LogP contribution >= 0.6 is 0 Å². The van der Waals surface area contributed by atoms with E-state index in [1.807, 2.05) is 0 Å². The molecule has 0 aliphatic rings. The van der Waals surface area contributed by atoms with Crippen LogP contribution in [0.4, 0.5) is 0 Å².